The number of hydrogen-bond acceptors (Lipinski definition) is 6. The Kier molecular flexibility index (Phi) is 3.88. The van der Waals surface area contributed by atoms with Crippen LogP contribution in [0.2, 0.25) is 0 Å². The number of carbonyl (C=O) groups is 1. The van der Waals surface area contributed by atoms with E-state index in [0.717, 1.165) is 5.69 Å². The molecule has 2 N–H and O–H groups in total. The molecule has 0 saturated heterocycles. The number of nitro benzene ring substituents is 1. The summed E-state index contributed by atoms with van der Waals surface area (Å²) in [5.41, 5.74) is 0.375. The molecule has 0 aliphatic rings. The first kappa shape index (κ1) is 14.5. The largest absolute Gasteiger partial charge is 0.477 e. The van der Waals surface area contributed by atoms with Crippen molar-refractivity contribution in [3.05, 3.63) is 51.2 Å². The number of carboxylic acid groups (broad SMARTS) is 1. The lowest BCUT2D eigenvalue weighted by atomic mass is 10.1. The molecular formula is C13H13N3O5. The zero-order valence-electron chi connectivity index (χ0n) is 11.4. The maximum absolute atomic E-state index is 10.9. The van der Waals surface area contributed by atoms with E-state index in [0.29, 0.717) is 17.3 Å². The molecule has 1 heterocycles. The summed E-state index contributed by atoms with van der Waals surface area (Å²) in [7, 11) is 0. The van der Waals surface area contributed by atoms with Gasteiger partial charge in [-0.2, -0.15) is 0 Å². The van der Waals surface area contributed by atoms with E-state index in [2.05, 4.69) is 10.3 Å². The van der Waals surface area contributed by atoms with Crippen LogP contribution in [-0.4, -0.2) is 21.0 Å². The molecule has 0 radical (unpaired) electrons. The second kappa shape index (κ2) is 5.61. The topological polar surface area (TPSA) is 119 Å². The number of nitrogens with zero attached hydrogens (tertiary/aromatic N) is 2. The molecule has 2 rings (SSSR count). The third-order valence-corrected chi connectivity index (χ3v) is 2.94. The Balaban J connectivity index is 2.19. The van der Waals surface area contributed by atoms with Crippen molar-refractivity contribution in [3.63, 3.8) is 0 Å². The highest BCUT2D eigenvalue weighted by Crippen LogP contribution is 2.23. The van der Waals surface area contributed by atoms with E-state index < -0.39 is 16.6 Å². The first-order valence-electron chi connectivity index (χ1n) is 6.07. The van der Waals surface area contributed by atoms with Crippen LogP contribution in [-0.2, 0) is 6.54 Å². The fraction of sp³-hybridized carbons (Fsp3) is 0.231. The molecule has 0 aliphatic heterocycles. The fourth-order valence-electron chi connectivity index (χ4n) is 1.77. The van der Waals surface area contributed by atoms with Crippen molar-refractivity contribution in [1.29, 1.82) is 0 Å². The van der Waals surface area contributed by atoms with Crippen LogP contribution < -0.4 is 5.32 Å². The number of rotatable bonds is 5. The second-order valence-electron chi connectivity index (χ2n) is 4.40. The quantitative estimate of drug-likeness (QED) is 0.641. The van der Waals surface area contributed by atoms with Crippen molar-refractivity contribution in [3.8, 4) is 0 Å². The molecule has 0 aliphatic carbocycles. The number of nitro groups is 1. The van der Waals surface area contributed by atoms with E-state index in [1.165, 1.54) is 18.2 Å². The van der Waals surface area contributed by atoms with Crippen molar-refractivity contribution < 1.29 is 19.2 Å². The smallest absolute Gasteiger partial charge is 0.342 e. The summed E-state index contributed by atoms with van der Waals surface area (Å²) in [6.07, 6.45) is 0. The highest BCUT2D eigenvalue weighted by atomic mass is 16.6. The minimum atomic E-state index is -1.34. The third kappa shape index (κ3) is 3.16. The van der Waals surface area contributed by atoms with Crippen LogP contribution >= 0.6 is 0 Å². The van der Waals surface area contributed by atoms with Crippen molar-refractivity contribution >= 4 is 17.3 Å². The molecule has 21 heavy (non-hydrogen) atoms. The number of benzene rings is 1. The summed E-state index contributed by atoms with van der Waals surface area (Å²) in [5.74, 6) is -0.179. The van der Waals surface area contributed by atoms with Gasteiger partial charge in [0.2, 0.25) is 5.89 Å². The average Bonchev–Trinajstić information content (AvgIpc) is 2.75. The molecule has 0 bridgehead atoms. The SMILES string of the molecule is Cc1nc(CNc2ccc(C(=O)O)c([N+](=O)[O-])c2)oc1C. The van der Waals surface area contributed by atoms with Gasteiger partial charge in [0.25, 0.3) is 5.69 Å². The Morgan fingerprint density at radius 3 is 2.71 bits per heavy atom. The molecule has 0 spiro atoms. The molecular weight excluding hydrogens is 278 g/mol. The molecule has 8 heteroatoms. The van der Waals surface area contributed by atoms with E-state index in [-0.39, 0.29) is 12.1 Å². The second-order valence-corrected chi connectivity index (χ2v) is 4.40. The molecule has 0 saturated carbocycles. The van der Waals surface area contributed by atoms with Crippen LogP contribution in [0, 0.1) is 24.0 Å². The third-order valence-electron chi connectivity index (χ3n) is 2.94. The molecule has 0 unspecified atom stereocenters. The monoisotopic (exact) mass is 291 g/mol. The van der Waals surface area contributed by atoms with Crippen molar-refractivity contribution in [2.24, 2.45) is 0 Å². The summed E-state index contributed by atoms with van der Waals surface area (Å²) < 4.78 is 5.37. The number of oxazole rings is 1. The van der Waals surface area contributed by atoms with Gasteiger partial charge in [-0.05, 0) is 26.0 Å². The summed E-state index contributed by atoms with van der Waals surface area (Å²) in [6, 6.07) is 3.82. The Labute approximate surface area is 119 Å². The number of aryl methyl sites for hydroxylation is 2. The molecule has 0 atom stereocenters. The zero-order valence-corrected chi connectivity index (χ0v) is 11.4. The van der Waals surface area contributed by atoms with Gasteiger partial charge in [-0.15, -0.1) is 0 Å². The summed E-state index contributed by atoms with van der Waals surface area (Å²) in [6.45, 7) is 3.85. The lowest BCUT2D eigenvalue weighted by Crippen LogP contribution is -2.05. The Bertz CT molecular complexity index is 688. The van der Waals surface area contributed by atoms with Crippen molar-refractivity contribution in [1.82, 2.24) is 4.98 Å². The number of carboxylic acids is 1. The highest BCUT2D eigenvalue weighted by Gasteiger charge is 2.20. The van der Waals surface area contributed by atoms with Gasteiger partial charge in [0.15, 0.2) is 0 Å². The normalized spacial score (nSPS) is 10.4. The zero-order chi connectivity index (χ0) is 15.6. The van der Waals surface area contributed by atoms with Crippen LogP contribution in [0.4, 0.5) is 11.4 Å². The van der Waals surface area contributed by atoms with E-state index >= 15 is 0 Å². The van der Waals surface area contributed by atoms with E-state index in [1.807, 2.05) is 6.92 Å². The highest BCUT2D eigenvalue weighted by molar-refractivity contribution is 5.93. The van der Waals surface area contributed by atoms with Gasteiger partial charge in [-0.25, -0.2) is 9.78 Å². The van der Waals surface area contributed by atoms with Gasteiger partial charge in [0.1, 0.15) is 11.3 Å². The molecule has 8 nitrogen and oxygen atoms in total. The number of anilines is 1. The Morgan fingerprint density at radius 1 is 1.48 bits per heavy atom. The number of hydrogen-bond donors (Lipinski definition) is 2. The minimum absolute atomic E-state index is 0.248. The lowest BCUT2D eigenvalue weighted by Gasteiger charge is -2.05. The lowest BCUT2D eigenvalue weighted by molar-refractivity contribution is -0.385. The van der Waals surface area contributed by atoms with Gasteiger partial charge in [-0.3, -0.25) is 10.1 Å². The number of nitrogens with one attached hydrogen (secondary N) is 1. The minimum Gasteiger partial charge on any atom is -0.477 e. The number of aromatic nitrogens is 1. The molecule has 2 aromatic rings. The van der Waals surface area contributed by atoms with Gasteiger partial charge < -0.3 is 14.8 Å². The maximum Gasteiger partial charge on any atom is 0.342 e. The first-order chi connectivity index (χ1) is 9.88. The standard InChI is InChI=1S/C13H13N3O5/c1-7-8(2)21-12(15-7)6-14-9-3-4-10(13(17)18)11(5-9)16(19)20/h3-5,14H,6H2,1-2H3,(H,17,18). The Morgan fingerprint density at radius 2 is 2.19 bits per heavy atom. The van der Waals surface area contributed by atoms with Gasteiger partial charge in [0.05, 0.1) is 17.2 Å². The maximum atomic E-state index is 10.9. The Hall–Kier alpha value is -2.90. The summed E-state index contributed by atoms with van der Waals surface area (Å²) in [4.78, 5) is 25.2. The van der Waals surface area contributed by atoms with E-state index in [4.69, 9.17) is 9.52 Å². The van der Waals surface area contributed by atoms with Gasteiger partial charge >= 0.3 is 5.97 Å². The predicted molar refractivity (Wildman–Crippen MR) is 73.4 cm³/mol. The van der Waals surface area contributed by atoms with Crippen molar-refractivity contribution in [2.45, 2.75) is 20.4 Å². The van der Waals surface area contributed by atoms with E-state index in [9.17, 15) is 14.9 Å². The molecule has 0 amide bonds. The first-order valence-corrected chi connectivity index (χ1v) is 6.07. The van der Waals surface area contributed by atoms with Crippen molar-refractivity contribution in [2.75, 3.05) is 5.32 Å². The van der Waals surface area contributed by atoms with Crippen LogP contribution in [0.25, 0.3) is 0 Å². The van der Waals surface area contributed by atoms with Crippen LogP contribution in [0.3, 0.4) is 0 Å². The number of aromatic carboxylic acids is 1. The summed E-state index contributed by atoms with van der Waals surface area (Å²) >= 11 is 0. The van der Waals surface area contributed by atoms with Crippen LogP contribution in [0.1, 0.15) is 27.7 Å². The molecule has 0 fully saturated rings. The molecule has 1 aromatic heterocycles. The average molecular weight is 291 g/mol. The van der Waals surface area contributed by atoms with Gasteiger partial charge in [0, 0.05) is 11.8 Å². The van der Waals surface area contributed by atoms with Gasteiger partial charge in [-0.1, -0.05) is 0 Å². The molecule has 1 aromatic carbocycles. The van der Waals surface area contributed by atoms with E-state index in [1.54, 1.807) is 6.92 Å². The van der Waals surface area contributed by atoms with Crippen LogP contribution in [0.5, 0.6) is 0 Å². The molecule has 110 valence electrons. The fourth-order valence-corrected chi connectivity index (χ4v) is 1.77. The predicted octanol–water partition coefficient (Wildman–Crippen LogP) is 2.51. The summed E-state index contributed by atoms with van der Waals surface area (Å²) in [5, 5.41) is 22.7. The van der Waals surface area contributed by atoms with Crippen LogP contribution in [0.15, 0.2) is 22.6 Å².